The Kier molecular flexibility index (Phi) is 5.06. The summed E-state index contributed by atoms with van der Waals surface area (Å²) in [7, 11) is 1.60. The average Bonchev–Trinajstić information content (AvgIpc) is 2.42. The van der Waals surface area contributed by atoms with Gasteiger partial charge in [-0.15, -0.1) is 0 Å². The lowest BCUT2D eigenvalue weighted by Crippen LogP contribution is -2.19. The summed E-state index contributed by atoms with van der Waals surface area (Å²) in [5, 5.41) is 7.56. The minimum atomic E-state index is 0.415. The number of halogens is 2. The van der Waals surface area contributed by atoms with Crippen molar-refractivity contribution in [1.82, 2.24) is 0 Å². The molecule has 0 saturated heterocycles. The second-order valence-corrected chi connectivity index (χ2v) is 5.16. The van der Waals surface area contributed by atoms with E-state index in [1.807, 2.05) is 24.3 Å². The molecule has 0 radical (unpaired) electrons. The molecule has 0 aliphatic heterocycles. The number of ether oxygens (including phenoxy) is 1. The van der Waals surface area contributed by atoms with E-state index in [0.29, 0.717) is 26.6 Å². The van der Waals surface area contributed by atoms with E-state index in [9.17, 15) is 0 Å². The number of hydrogen-bond acceptors (Lipinski definition) is 2. The van der Waals surface area contributed by atoms with Crippen LogP contribution in [0.1, 0.15) is 0 Å². The molecule has 6 heteroatoms. The van der Waals surface area contributed by atoms with Crippen LogP contribution in [0, 0.1) is 0 Å². The largest absolute Gasteiger partial charge is 0.495 e. The highest BCUT2D eigenvalue weighted by Gasteiger charge is 2.06. The number of nitrogens with one attached hydrogen (secondary N) is 2. The topological polar surface area (TPSA) is 33.3 Å². The van der Waals surface area contributed by atoms with Crippen molar-refractivity contribution in [3.8, 4) is 5.75 Å². The fraction of sp³-hybridized carbons (Fsp3) is 0.0714. The molecule has 0 amide bonds. The first-order valence-corrected chi connectivity index (χ1v) is 6.92. The number of benzene rings is 2. The van der Waals surface area contributed by atoms with Crippen LogP contribution in [0.2, 0.25) is 10.0 Å². The first-order valence-electron chi connectivity index (χ1n) is 5.76. The summed E-state index contributed by atoms with van der Waals surface area (Å²) >= 11 is 17.2. The van der Waals surface area contributed by atoms with Crippen molar-refractivity contribution < 1.29 is 4.74 Å². The van der Waals surface area contributed by atoms with Gasteiger partial charge in [-0.2, -0.15) is 0 Å². The molecule has 20 heavy (non-hydrogen) atoms. The average molecular weight is 327 g/mol. The molecule has 2 aromatic carbocycles. The molecule has 0 aromatic heterocycles. The van der Waals surface area contributed by atoms with Gasteiger partial charge in [-0.25, -0.2) is 0 Å². The van der Waals surface area contributed by atoms with Gasteiger partial charge < -0.3 is 15.4 Å². The molecule has 104 valence electrons. The molecular formula is C14H12Cl2N2OS. The van der Waals surface area contributed by atoms with Gasteiger partial charge in [-0.3, -0.25) is 0 Å². The smallest absolute Gasteiger partial charge is 0.175 e. The van der Waals surface area contributed by atoms with Crippen LogP contribution in [0.4, 0.5) is 11.4 Å². The zero-order valence-corrected chi connectivity index (χ0v) is 12.9. The molecule has 0 atom stereocenters. The third-order valence-corrected chi connectivity index (χ3v) is 3.29. The number of thiocarbonyl (C=S) groups is 1. The fourth-order valence-electron chi connectivity index (χ4n) is 1.61. The molecule has 0 saturated carbocycles. The maximum Gasteiger partial charge on any atom is 0.175 e. The van der Waals surface area contributed by atoms with Crippen molar-refractivity contribution in [2.75, 3.05) is 17.7 Å². The van der Waals surface area contributed by atoms with Gasteiger partial charge in [0.05, 0.1) is 23.5 Å². The molecule has 0 bridgehead atoms. The van der Waals surface area contributed by atoms with Gasteiger partial charge in [-0.1, -0.05) is 35.3 Å². The molecule has 2 rings (SSSR count). The molecule has 0 aliphatic carbocycles. The van der Waals surface area contributed by atoms with E-state index < -0.39 is 0 Å². The second-order valence-electron chi connectivity index (χ2n) is 3.90. The van der Waals surface area contributed by atoms with Crippen LogP contribution in [0.15, 0.2) is 42.5 Å². The number of anilines is 2. The lowest BCUT2D eigenvalue weighted by molar-refractivity contribution is 0.417. The van der Waals surface area contributed by atoms with Crippen molar-refractivity contribution in [1.29, 1.82) is 0 Å². The van der Waals surface area contributed by atoms with Crippen LogP contribution in [0.5, 0.6) is 5.75 Å². The van der Waals surface area contributed by atoms with E-state index in [-0.39, 0.29) is 0 Å². The number of methoxy groups -OCH3 is 1. The first kappa shape index (κ1) is 14.9. The Morgan fingerprint density at radius 2 is 1.75 bits per heavy atom. The number of hydrogen-bond donors (Lipinski definition) is 2. The van der Waals surface area contributed by atoms with E-state index in [2.05, 4.69) is 10.6 Å². The summed E-state index contributed by atoms with van der Waals surface area (Å²) < 4.78 is 5.24. The van der Waals surface area contributed by atoms with E-state index in [0.717, 1.165) is 5.69 Å². The number of para-hydroxylation sites is 2. The summed E-state index contributed by atoms with van der Waals surface area (Å²) in [6.45, 7) is 0. The minimum absolute atomic E-state index is 0.415. The summed E-state index contributed by atoms with van der Waals surface area (Å²) in [5.74, 6) is 0.707. The predicted octanol–water partition coefficient (Wildman–Crippen LogP) is 4.81. The Balaban J connectivity index is 2.09. The minimum Gasteiger partial charge on any atom is -0.495 e. The predicted molar refractivity (Wildman–Crippen MR) is 89.3 cm³/mol. The highest BCUT2D eigenvalue weighted by atomic mass is 35.5. The van der Waals surface area contributed by atoms with Crippen LogP contribution in [0.3, 0.4) is 0 Å². The zero-order chi connectivity index (χ0) is 14.5. The molecule has 3 nitrogen and oxygen atoms in total. The Hall–Kier alpha value is -1.49. The van der Waals surface area contributed by atoms with Gasteiger partial charge in [-0.05, 0) is 42.5 Å². The maximum atomic E-state index is 6.08. The first-order chi connectivity index (χ1) is 9.60. The third-order valence-electron chi connectivity index (χ3n) is 2.53. The lowest BCUT2D eigenvalue weighted by atomic mass is 10.3. The zero-order valence-electron chi connectivity index (χ0n) is 10.6. The molecule has 0 aliphatic rings. The Morgan fingerprint density at radius 1 is 1.05 bits per heavy atom. The number of rotatable bonds is 3. The molecule has 0 unspecified atom stereocenters. The van der Waals surface area contributed by atoms with Gasteiger partial charge >= 0.3 is 0 Å². The van der Waals surface area contributed by atoms with Gasteiger partial charge in [0.25, 0.3) is 0 Å². The molecule has 0 fully saturated rings. The fourth-order valence-corrected chi connectivity index (χ4v) is 2.29. The van der Waals surface area contributed by atoms with Crippen LogP contribution < -0.4 is 15.4 Å². The lowest BCUT2D eigenvalue weighted by Gasteiger charge is -2.14. The van der Waals surface area contributed by atoms with Crippen molar-refractivity contribution in [3.05, 3.63) is 52.5 Å². The van der Waals surface area contributed by atoms with Gasteiger partial charge in [0.2, 0.25) is 0 Å². The molecule has 0 heterocycles. The molecule has 0 spiro atoms. The van der Waals surface area contributed by atoms with Gasteiger partial charge in [0, 0.05) is 5.02 Å². The SMILES string of the molecule is COc1ccccc1NC(=S)Nc1ccc(Cl)cc1Cl. The van der Waals surface area contributed by atoms with Crippen LogP contribution in [-0.4, -0.2) is 12.2 Å². The van der Waals surface area contributed by atoms with Crippen LogP contribution in [-0.2, 0) is 0 Å². The van der Waals surface area contributed by atoms with Crippen LogP contribution >= 0.6 is 35.4 Å². The molecule has 2 aromatic rings. The van der Waals surface area contributed by atoms with Crippen molar-refractivity contribution in [2.45, 2.75) is 0 Å². The highest BCUT2D eigenvalue weighted by Crippen LogP contribution is 2.26. The Morgan fingerprint density at radius 3 is 2.45 bits per heavy atom. The summed E-state index contributed by atoms with van der Waals surface area (Å²) in [6.07, 6.45) is 0. The van der Waals surface area contributed by atoms with Crippen molar-refractivity contribution >= 4 is 51.9 Å². The third kappa shape index (κ3) is 3.76. The van der Waals surface area contributed by atoms with Gasteiger partial charge in [0.15, 0.2) is 5.11 Å². The van der Waals surface area contributed by atoms with E-state index in [4.69, 9.17) is 40.2 Å². The normalized spacial score (nSPS) is 9.95. The van der Waals surface area contributed by atoms with E-state index in [1.165, 1.54) is 0 Å². The van der Waals surface area contributed by atoms with E-state index in [1.54, 1.807) is 25.3 Å². The highest BCUT2D eigenvalue weighted by molar-refractivity contribution is 7.80. The molecular weight excluding hydrogens is 315 g/mol. The monoisotopic (exact) mass is 326 g/mol. The maximum absolute atomic E-state index is 6.08. The summed E-state index contributed by atoms with van der Waals surface area (Å²) in [6, 6.07) is 12.6. The van der Waals surface area contributed by atoms with E-state index >= 15 is 0 Å². The summed E-state index contributed by atoms with van der Waals surface area (Å²) in [4.78, 5) is 0. The Labute approximate surface area is 132 Å². The standard InChI is InChI=1S/C14H12Cl2N2OS/c1-19-13-5-3-2-4-12(13)18-14(20)17-11-7-6-9(15)8-10(11)16/h2-8H,1H3,(H2,17,18,20). The van der Waals surface area contributed by atoms with Crippen molar-refractivity contribution in [3.63, 3.8) is 0 Å². The van der Waals surface area contributed by atoms with Crippen molar-refractivity contribution in [2.24, 2.45) is 0 Å². The molecule has 2 N–H and O–H groups in total. The second kappa shape index (κ2) is 6.79. The quantitative estimate of drug-likeness (QED) is 0.793. The van der Waals surface area contributed by atoms with Crippen LogP contribution in [0.25, 0.3) is 0 Å². The summed E-state index contributed by atoms with van der Waals surface area (Å²) in [5.41, 5.74) is 1.46. The Bertz CT molecular complexity index is 634. The van der Waals surface area contributed by atoms with Gasteiger partial charge in [0.1, 0.15) is 5.75 Å².